The lowest BCUT2D eigenvalue weighted by molar-refractivity contribution is -0.144. The standard InChI is InChI=1S/C26H28N4O3S/c1-28-14-12-27-24(28)21-11-5-6-13-29(21)22(31)16-26(19-8-3-2-4-9-19)17-23(32)30(25(26)33)18-20-10-7-15-34-20/h2-4,7-10,12,14-15,21H,5-6,11,13,16-18H2,1H3/t21-,26-/m0/s1. The highest BCUT2D eigenvalue weighted by Gasteiger charge is 2.54. The molecule has 0 saturated carbocycles. The molecule has 0 aliphatic carbocycles. The zero-order valence-corrected chi connectivity index (χ0v) is 20.0. The molecule has 34 heavy (non-hydrogen) atoms. The van der Waals surface area contributed by atoms with Crippen LogP contribution in [0.3, 0.4) is 0 Å². The van der Waals surface area contributed by atoms with Crippen molar-refractivity contribution < 1.29 is 14.4 Å². The Labute approximate surface area is 203 Å². The first-order valence-electron chi connectivity index (χ1n) is 11.7. The van der Waals surface area contributed by atoms with Crippen LogP contribution in [0.5, 0.6) is 0 Å². The normalized spacial score (nSPS) is 23.0. The second kappa shape index (κ2) is 9.18. The van der Waals surface area contributed by atoms with Gasteiger partial charge in [-0.25, -0.2) is 4.98 Å². The maximum Gasteiger partial charge on any atom is 0.241 e. The predicted molar refractivity (Wildman–Crippen MR) is 129 cm³/mol. The van der Waals surface area contributed by atoms with Gasteiger partial charge >= 0.3 is 0 Å². The van der Waals surface area contributed by atoms with Gasteiger partial charge in [0, 0.05) is 43.7 Å². The Hall–Kier alpha value is -3.26. The largest absolute Gasteiger partial charge is 0.336 e. The predicted octanol–water partition coefficient (Wildman–Crippen LogP) is 3.82. The first-order valence-corrected chi connectivity index (χ1v) is 12.6. The number of hydrogen-bond acceptors (Lipinski definition) is 5. The number of rotatable bonds is 6. The Morgan fingerprint density at radius 1 is 1.15 bits per heavy atom. The van der Waals surface area contributed by atoms with E-state index in [1.807, 2.05) is 70.6 Å². The fourth-order valence-electron chi connectivity index (χ4n) is 5.30. The number of likely N-dealkylation sites (tertiary alicyclic amines) is 2. The number of piperidine rings is 1. The topological polar surface area (TPSA) is 75.5 Å². The number of carbonyl (C=O) groups is 3. The van der Waals surface area contributed by atoms with E-state index in [1.54, 1.807) is 6.20 Å². The van der Waals surface area contributed by atoms with Gasteiger partial charge in [0.1, 0.15) is 5.82 Å². The van der Waals surface area contributed by atoms with Crippen LogP contribution in [0.1, 0.15) is 54.4 Å². The number of carbonyl (C=O) groups excluding carboxylic acids is 3. The van der Waals surface area contributed by atoms with Crippen molar-refractivity contribution in [3.63, 3.8) is 0 Å². The van der Waals surface area contributed by atoms with E-state index in [1.165, 1.54) is 16.2 Å². The van der Waals surface area contributed by atoms with Crippen molar-refractivity contribution in [3.05, 3.63) is 76.5 Å². The molecule has 2 fully saturated rings. The van der Waals surface area contributed by atoms with Gasteiger partial charge in [0.2, 0.25) is 17.7 Å². The number of hydrogen-bond donors (Lipinski definition) is 0. The molecule has 8 heteroatoms. The van der Waals surface area contributed by atoms with Crippen molar-refractivity contribution in [1.29, 1.82) is 0 Å². The second-order valence-corrected chi connectivity index (χ2v) is 10.2. The molecule has 1 aromatic carbocycles. The van der Waals surface area contributed by atoms with Gasteiger partial charge in [-0.1, -0.05) is 36.4 Å². The molecule has 176 valence electrons. The van der Waals surface area contributed by atoms with E-state index in [0.717, 1.165) is 35.5 Å². The summed E-state index contributed by atoms with van der Waals surface area (Å²) in [5, 5.41) is 1.93. The molecule has 3 amide bonds. The van der Waals surface area contributed by atoms with Crippen LogP contribution in [0, 0.1) is 0 Å². The average molecular weight is 477 g/mol. The monoisotopic (exact) mass is 476 g/mol. The van der Waals surface area contributed by atoms with Gasteiger partial charge < -0.3 is 9.47 Å². The van der Waals surface area contributed by atoms with Gasteiger partial charge in [0.05, 0.1) is 18.0 Å². The summed E-state index contributed by atoms with van der Waals surface area (Å²) in [5.74, 6) is 0.246. The van der Waals surface area contributed by atoms with E-state index in [4.69, 9.17) is 0 Å². The molecule has 0 unspecified atom stereocenters. The molecule has 0 bridgehead atoms. The van der Waals surface area contributed by atoms with Crippen molar-refractivity contribution in [2.45, 2.75) is 50.1 Å². The fourth-order valence-corrected chi connectivity index (χ4v) is 5.99. The third-order valence-corrected chi connectivity index (χ3v) is 7.92. The van der Waals surface area contributed by atoms with Crippen molar-refractivity contribution in [2.24, 2.45) is 7.05 Å². The number of imide groups is 1. The summed E-state index contributed by atoms with van der Waals surface area (Å²) in [6, 6.07) is 13.0. The Bertz CT molecular complexity index is 1190. The maximum absolute atomic E-state index is 13.9. The number of benzene rings is 1. The van der Waals surface area contributed by atoms with Gasteiger partial charge in [0.15, 0.2) is 0 Å². The van der Waals surface area contributed by atoms with Crippen molar-refractivity contribution in [1.82, 2.24) is 19.4 Å². The molecule has 0 spiro atoms. The molecule has 0 radical (unpaired) electrons. The summed E-state index contributed by atoms with van der Waals surface area (Å²) in [7, 11) is 1.94. The molecule has 2 aliphatic heterocycles. The highest BCUT2D eigenvalue weighted by molar-refractivity contribution is 7.09. The molecule has 2 atom stereocenters. The number of aromatic nitrogens is 2. The smallest absolute Gasteiger partial charge is 0.241 e. The summed E-state index contributed by atoms with van der Waals surface area (Å²) in [6.45, 7) is 0.875. The highest BCUT2D eigenvalue weighted by Crippen LogP contribution is 2.42. The van der Waals surface area contributed by atoms with Crippen LogP contribution in [-0.2, 0) is 33.4 Å². The van der Waals surface area contributed by atoms with Gasteiger partial charge in [-0.15, -0.1) is 11.3 Å². The van der Waals surface area contributed by atoms with E-state index in [2.05, 4.69) is 4.98 Å². The van der Waals surface area contributed by atoms with E-state index < -0.39 is 5.41 Å². The Morgan fingerprint density at radius 2 is 1.97 bits per heavy atom. The fraction of sp³-hybridized carbons (Fsp3) is 0.385. The van der Waals surface area contributed by atoms with Crippen molar-refractivity contribution >= 4 is 29.1 Å². The molecular weight excluding hydrogens is 448 g/mol. The molecule has 3 aromatic rings. The summed E-state index contributed by atoms with van der Waals surface area (Å²) >= 11 is 1.52. The van der Waals surface area contributed by atoms with E-state index in [9.17, 15) is 14.4 Å². The zero-order valence-electron chi connectivity index (χ0n) is 19.2. The van der Waals surface area contributed by atoms with E-state index >= 15 is 0 Å². The van der Waals surface area contributed by atoms with Gasteiger partial charge in [-0.05, 0) is 36.3 Å². The van der Waals surface area contributed by atoms with Crippen LogP contribution in [-0.4, -0.2) is 43.6 Å². The number of nitrogens with zero attached hydrogens (tertiary/aromatic N) is 4. The van der Waals surface area contributed by atoms with Crippen LogP contribution in [0.2, 0.25) is 0 Å². The third-order valence-electron chi connectivity index (χ3n) is 7.06. The summed E-state index contributed by atoms with van der Waals surface area (Å²) in [6.07, 6.45) is 6.41. The van der Waals surface area contributed by atoms with Crippen LogP contribution >= 0.6 is 11.3 Å². The quantitative estimate of drug-likeness (QED) is 0.507. The number of aryl methyl sites for hydroxylation is 1. The maximum atomic E-state index is 13.9. The molecule has 7 nitrogen and oxygen atoms in total. The minimum Gasteiger partial charge on any atom is -0.336 e. The lowest BCUT2D eigenvalue weighted by Crippen LogP contribution is -2.46. The van der Waals surface area contributed by atoms with Crippen molar-refractivity contribution in [3.8, 4) is 0 Å². The van der Waals surface area contributed by atoms with Crippen LogP contribution in [0.4, 0.5) is 0 Å². The van der Waals surface area contributed by atoms with E-state index in [-0.39, 0.29) is 43.1 Å². The minimum absolute atomic E-state index is 0.00781. The molecule has 2 aliphatic rings. The molecular formula is C26H28N4O3S. The molecule has 4 heterocycles. The summed E-state index contributed by atoms with van der Waals surface area (Å²) in [4.78, 5) is 49.5. The first-order chi connectivity index (χ1) is 16.5. The van der Waals surface area contributed by atoms with Crippen LogP contribution < -0.4 is 0 Å². The SMILES string of the molecule is Cn1ccnc1[C@@H]1CCCCN1C(=O)C[C@@]1(c2ccccc2)CC(=O)N(Cc2cccs2)C1=O. The average Bonchev–Trinajstić information content (AvgIpc) is 3.58. The third kappa shape index (κ3) is 3.96. The number of amides is 3. The van der Waals surface area contributed by atoms with E-state index in [0.29, 0.717) is 6.54 Å². The summed E-state index contributed by atoms with van der Waals surface area (Å²) < 4.78 is 1.95. The Balaban J connectivity index is 1.47. The minimum atomic E-state index is -1.18. The van der Waals surface area contributed by atoms with Crippen LogP contribution in [0.15, 0.2) is 60.2 Å². The number of thiophene rings is 1. The Kier molecular flexibility index (Phi) is 6.08. The zero-order chi connectivity index (χ0) is 23.7. The molecule has 2 aromatic heterocycles. The highest BCUT2D eigenvalue weighted by atomic mass is 32.1. The van der Waals surface area contributed by atoms with Crippen LogP contribution in [0.25, 0.3) is 0 Å². The first kappa shape index (κ1) is 22.5. The van der Waals surface area contributed by atoms with Gasteiger partial charge in [-0.3, -0.25) is 19.3 Å². The molecule has 2 saturated heterocycles. The Morgan fingerprint density at radius 3 is 2.68 bits per heavy atom. The summed E-state index contributed by atoms with van der Waals surface area (Å²) in [5.41, 5.74) is -0.461. The number of imidazole rings is 1. The lowest BCUT2D eigenvalue weighted by Gasteiger charge is -2.37. The van der Waals surface area contributed by atoms with Gasteiger partial charge in [-0.2, -0.15) is 0 Å². The molecule has 0 N–H and O–H groups in total. The molecule has 5 rings (SSSR count). The second-order valence-electron chi connectivity index (χ2n) is 9.16. The van der Waals surface area contributed by atoms with Gasteiger partial charge in [0.25, 0.3) is 0 Å². The lowest BCUT2D eigenvalue weighted by atomic mass is 9.75. The van der Waals surface area contributed by atoms with Crippen molar-refractivity contribution in [2.75, 3.05) is 6.54 Å².